The van der Waals surface area contributed by atoms with Crippen molar-refractivity contribution in [2.24, 2.45) is 0 Å². The van der Waals surface area contributed by atoms with Gasteiger partial charge in [0.05, 0.1) is 12.7 Å². The van der Waals surface area contributed by atoms with Crippen molar-refractivity contribution < 1.29 is 14.6 Å². The minimum atomic E-state index is -0.905. The summed E-state index contributed by atoms with van der Waals surface area (Å²) in [7, 11) is 1.57. The van der Waals surface area contributed by atoms with Gasteiger partial charge in [-0.25, -0.2) is 9.78 Å². The summed E-state index contributed by atoms with van der Waals surface area (Å²) in [5.74, 6) is -0.0319. The summed E-state index contributed by atoms with van der Waals surface area (Å²) in [5, 5.41) is 9.01. The van der Waals surface area contributed by atoms with Gasteiger partial charge in [0.25, 0.3) is 0 Å². The summed E-state index contributed by atoms with van der Waals surface area (Å²) in [6, 6.07) is 9.63. The van der Waals surface area contributed by atoms with Crippen molar-refractivity contribution in [1.29, 1.82) is 0 Å². The van der Waals surface area contributed by atoms with Crippen LogP contribution in [0.5, 0.6) is 6.01 Å². The number of anilines is 2. The first-order chi connectivity index (χ1) is 12.0. The predicted octanol–water partition coefficient (Wildman–Crippen LogP) is 2.21. The molecule has 0 amide bonds. The van der Waals surface area contributed by atoms with Crippen LogP contribution in [-0.4, -0.2) is 53.8 Å². The Morgan fingerprint density at radius 3 is 2.56 bits per heavy atom. The molecule has 1 aromatic heterocycles. The SMILES string of the molecule is COc1nc(C)cc(N2CCN(c3ccc(C(=O)O)cc3)CC2C)n1. The van der Waals surface area contributed by atoms with Crippen LogP contribution in [0.3, 0.4) is 0 Å². The molecule has 1 fully saturated rings. The number of benzene rings is 1. The predicted molar refractivity (Wildman–Crippen MR) is 95.7 cm³/mol. The lowest BCUT2D eigenvalue weighted by Crippen LogP contribution is -2.52. The first kappa shape index (κ1) is 17.0. The molecule has 1 aliphatic rings. The molecule has 0 aliphatic carbocycles. The molecule has 2 aromatic rings. The standard InChI is InChI=1S/C18H22N4O3/c1-12-10-16(20-18(19-12)25-3)22-9-8-21(11-13(22)2)15-6-4-14(5-7-15)17(23)24/h4-7,10,13H,8-9,11H2,1-3H3,(H,23,24). The zero-order valence-corrected chi connectivity index (χ0v) is 14.6. The first-order valence-corrected chi connectivity index (χ1v) is 8.22. The second-order valence-electron chi connectivity index (χ2n) is 6.19. The van der Waals surface area contributed by atoms with Gasteiger partial charge in [-0.1, -0.05) is 0 Å². The van der Waals surface area contributed by atoms with E-state index in [1.807, 2.05) is 25.1 Å². The van der Waals surface area contributed by atoms with Crippen LogP contribution in [0.15, 0.2) is 30.3 Å². The van der Waals surface area contributed by atoms with E-state index in [2.05, 4.69) is 26.7 Å². The number of carbonyl (C=O) groups is 1. The molecule has 3 rings (SSSR count). The fraction of sp³-hybridized carbons (Fsp3) is 0.389. The number of aryl methyl sites for hydroxylation is 1. The van der Waals surface area contributed by atoms with Gasteiger partial charge in [-0.05, 0) is 38.1 Å². The van der Waals surface area contributed by atoms with Gasteiger partial charge >= 0.3 is 12.0 Å². The molecule has 1 unspecified atom stereocenters. The Balaban J connectivity index is 1.74. The summed E-state index contributed by atoms with van der Waals surface area (Å²) in [6.45, 7) is 6.57. The third-order valence-corrected chi connectivity index (χ3v) is 4.40. The monoisotopic (exact) mass is 342 g/mol. The number of hydrogen-bond acceptors (Lipinski definition) is 6. The third-order valence-electron chi connectivity index (χ3n) is 4.40. The van der Waals surface area contributed by atoms with E-state index in [-0.39, 0.29) is 6.04 Å². The molecule has 7 heteroatoms. The Morgan fingerprint density at radius 2 is 1.96 bits per heavy atom. The van der Waals surface area contributed by atoms with Gasteiger partial charge in [-0.15, -0.1) is 0 Å². The lowest BCUT2D eigenvalue weighted by molar-refractivity contribution is 0.0697. The summed E-state index contributed by atoms with van der Waals surface area (Å²) in [4.78, 5) is 24.2. The van der Waals surface area contributed by atoms with E-state index < -0.39 is 5.97 Å². The molecule has 1 aliphatic heterocycles. The number of carboxylic acid groups (broad SMARTS) is 1. The molecule has 0 saturated carbocycles. The lowest BCUT2D eigenvalue weighted by Gasteiger charge is -2.41. The molecule has 1 N–H and O–H groups in total. The van der Waals surface area contributed by atoms with Crippen LogP contribution in [-0.2, 0) is 0 Å². The molecule has 1 atom stereocenters. The summed E-state index contributed by atoms with van der Waals surface area (Å²) >= 11 is 0. The number of piperazine rings is 1. The highest BCUT2D eigenvalue weighted by Crippen LogP contribution is 2.24. The van der Waals surface area contributed by atoms with E-state index in [1.165, 1.54) is 0 Å². The van der Waals surface area contributed by atoms with E-state index in [4.69, 9.17) is 9.84 Å². The van der Waals surface area contributed by atoms with E-state index in [0.717, 1.165) is 36.8 Å². The van der Waals surface area contributed by atoms with Crippen molar-refractivity contribution in [3.63, 3.8) is 0 Å². The molecule has 7 nitrogen and oxygen atoms in total. The van der Waals surface area contributed by atoms with Gasteiger partial charge in [-0.3, -0.25) is 0 Å². The Hall–Kier alpha value is -2.83. The van der Waals surface area contributed by atoms with Crippen LogP contribution in [0.1, 0.15) is 23.0 Å². The third kappa shape index (κ3) is 3.65. The highest BCUT2D eigenvalue weighted by atomic mass is 16.5. The smallest absolute Gasteiger partial charge is 0.335 e. The Kier molecular flexibility index (Phi) is 4.74. The average Bonchev–Trinajstić information content (AvgIpc) is 2.61. The van der Waals surface area contributed by atoms with Crippen LogP contribution in [0.25, 0.3) is 0 Å². The topological polar surface area (TPSA) is 78.8 Å². The second kappa shape index (κ2) is 6.96. The molecular formula is C18H22N4O3. The lowest BCUT2D eigenvalue weighted by atomic mass is 10.1. The quantitative estimate of drug-likeness (QED) is 0.912. The average molecular weight is 342 g/mol. The van der Waals surface area contributed by atoms with Crippen LogP contribution >= 0.6 is 0 Å². The Labute approximate surface area is 146 Å². The number of carboxylic acids is 1. The van der Waals surface area contributed by atoms with E-state index in [1.54, 1.807) is 19.2 Å². The highest BCUT2D eigenvalue weighted by Gasteiger charge is 2.25. The van der Waals surface area contributed by atoms with Crippen LogP contribution in [0.4, 0.5) is 11.5 Å². The van der Waals surface area contributed by atoms with Gasteiger partial charge in [-0.2, -0.15) is 4.98 Å². The van der Waals surface area contributed by atoms with Crippen LogP contribution in [0.2, 0.25) is 0 Å². The molecule has 1 saturated heterocycles. The highest BCUT2D eigenvalue weighted by molar-refractivity contribution is 5.88. The van der Waals surface area contributed by atoms with Crippen molar-refractivity contribution in [3.8, 4) is 6.01 Å². The molecule has 132 valence electrons. The molecule has 2 heterocycles. The zero-order chi connectivity index (χ0) is 18.0. The molecule has 25 heavy (non-hydrogen) atoms. The molecule has 0 radical (unpaired) electrons. The number of ether oxygens (including phenoxy) is 1. The Bertz CT molecular complexity index is 763. The number of methoxy groups -OCH3 is 1. The van der Waals surface area contributed by atoms with Crippen LogP contribution < -0.4 is 14.5 Å². The maximum atomic E-state index is 11.0. The van der Waals surface area contributed by atoms with Crippen molar-refractivity contribution in [1.82, 2.24) is 9.97 Å². The zero-order valence-electron chi connectivity index (χ0n) is 14.6. The minimum Gasteiger partial charge on any atom is -0.478 e. The van der Waals surface area contributed by atoms with Gasteiger partial charge < -0.3 is 19.6 Å². The van der Waals surface area contributed by atoms with Gasteiger partial charge in [0.15, 0.2) is 0 Å². The maximum absolute atomic E-state index is 11.0. The van der Waals surface area contributed by atoms with Crippen LogP contribution in [0, 0.1) is 6.92 Å². The van der Waals surface area contributed by atoms with E-state index >= 15 is 0 Å². The molecule has 0 bridgehead atoms. The molecule has 0 spiro atoms. The number of aromatic carboxylic acids is 1. The van der Waals surface area contributed by atoms with Gasteiger partial charge in [0.2, 0.25) is 0 Å². The number of hydrogen-bond donors (Lipinski definition) is 1. The fourth-order valence-corrected chi connectivity index (χ4v) is 3.11. The van der Waals surface area contributed by atoms with Crippen molar-refractivity contribution in [2.45, 2.75) is 19.9 Å². The summed E-state index contributed by atoms with van der Waals surface area (Å²) in [6.07, 6.45) is 0. The first-order valence-electron chi connectivity index (χ1n) is 8.22. The van der Waals surface area contributed by atoms with Crippen molar-refractivity contribution >= 4 is 17.5 Å². The molecular weight excluding hydrogens is 320 g/mol. The largest absolute Gasteiger partial charge is 0.478 e. The number of nitrogens with zero attached hydrogens (tertiary/aromatic N) is 4. The van der Waals surface area contributed by atoms with E-state index in [0.29, 0.717) is 11.6 Å². The fourth-order valence-electron chi connectivity index (χ4n) is 3.11. The maximum Gasteiger partial charge on any atom is 0.335 e. The van der Waals surface area contributed by atoms with E-state index in [9.17, 15) is 4.79 Å². The number of rotatable bonds is 4. The van der Waals surface area contributed by atoms with Crippen molar-refractivity contribution in [3.05, 3.63) is 41.6 Å². The van der Waals surface area contributed by atoms with Gasteiger partial charge in [0.1, 0.15) is 5.82 Å². The Morgan fingerprint density at radius 1 is 1.24 bits per heavy atom. The minimum absolute atomic E-state index is 0.256. The second-order valence-corrected chi connectivity index (χ2v) is 6.19. The van der Waals surface area contributed by atoms with Gasteiger partial charge in [0, 0.05) is 43.1 Å². The number of aromatic nitrogens is 2. The summed E-state index contributed by atoms with van der Waals surface area (Å²) in [5.41, 5.74) is 2.22. The molecule has 1 aromatic carbocycles. The van der Waals surface area contributed by atoms with Crippen molar-refractivity contribution in [2.75, 3.05) is 36.5 Å². The normalized spacial score (nSPS) is 17.5. The summed E-state index contributed by atoms with van der Waals surface area (Å²) < 4.78 is 5.18.